The van der Waals surface area contributed by atoms with Crippen LogP contribution in [0.4, 0.5) is 9.39 Å². The van der Waals surface area contributed by atoms with Crippen LogP contribution >= 0.6 is 49.9 Å². The van der Waals surface area contributed by atoms with Crippen molar-refractivity contribution in [1.29, 1.82) is 0 Å². The number of aliphatic imine (C=N–C) groups is 1. The van der Waals surface area contributed by atoms with Crippen LogP contribution in [0.25, 0.3) is 0 Å². The molecule has 2 aliphatic carbocycles. The molecule has 5 rings (SSSR count). The van der Waals surface area contributed by atoms with Crippen molar-refractivity contribution in [2.45, 2.75) is 70.4 Å². The first-order valence-corrected chi connectivity index (χ1v) is 15.5. The molecular formula is C29H29BrFIN2O2S. The molecule has 0 atom stereocenters. The number of hydrogen-bond acceptors (Lipinski definition) is 4. The van der Waals surface area contributed by atoms with Gasteiger partial charge in [0.15, 0.2) is 0 Å². The van der Waals surface area contributed by atoms with E-state index >= 15 is 0 Å². The van der Waals surface area contributed by atoms with E-state index in [4.69, 9.17) is 9.73 Å². The van der Waals surface area contributed by atoms with Gasteiger partial charge in [0.25, 0.3) is 5.91 Å². The van der Waals surface area contributed by atoms with Crippen molar-refractivity contribution in [3.63, 3.8) is 0 Å². The third-order valence-corrected chi connectivity index (χ3v) is 9.47. The molecule has 1 amide bonds. The van der Waals surface area contributed by atoms with Gasteiger partial charge in [-0.25, -0.2) is 9.38 Å². The average molecular weight is 695 g/mol. The second-order valence-electron chi connectivity index (χ2n) is 9.64. The first-order chi connectivity index (χ1) is 18.0. The maximum atomic E-state index is 14.2. The number of amides is 1. The van der Waals surface area contributed by atoms with Gasteiger partial charge >= 0.3 is 0 Å². The van der Waals surface area contributed by atoms with E-state index in [1.54, 1.807) is 35.8 Å². The van der Waals surface area contributed by atoms with E-state index in [0.717, 1.165) is 62.7 Å². The highest BCUT2D eigenvalue weighted by Crippen LogP contribution is 2.40. The van der Waals surface area contributed by atoms with Crippen LogP contribution in [0.3, 0.4) is 0 Å². The average Bonchev–Trinajstić information content (AvgIpc) is 3.27. The van der Waals surface area contributed by atoms with E-state index in [1.807, 2.05) is 12.1 Å². The summed E-state index contributed by atoms with van der Waals surface area (Å²) >= 11 is 7.44. The molecule has 8 heteroatoms. The first-order valence-electron chi connectivity index (χ1n) is 12.8. The van der Waals surface area contributed by atoms with Crippen LogP contribution in [0.1, 0.15) is 76.9 Å². The maximum Gasteiger partial charge on any atom is 0.254 e. The Morgan fingerprint density at radius 3 is 2.76 bits per heavy atom. The number of thiophene rings is 1. The van der Waals surface area contributed by atoms with Gasteiger partial charge in [-0.05, 0) is 84.9 Å². The number of aryl methyl sites for hydroxylation is 1. The predicted octanol–water partition coefficient (Wildman–Crippen LogP) is 8.53. The maximum absolute atomic E-state index is 14.2. The largest absolute Gasteiger partial charge is 0.487 e. The zero-order valence-corrected chi connectivity index (χ0v) is 25.1. The second kappa shape index (κ2) is 12.4. The Kier molecular flexibility index (Phi) is 8.97. The third kappa shape index (κ3) is 6.45. The molecule has 194 valence electrons. The Morgan fingerprint density at radius 1 is 1.16 bits per heavy atom. The van der Waals surface area contributed by atoms with Crippen molar-refractivity contribution in [1.82, 2.24) is 5.32 Å². The quantitative estimate of drug-likeness (QED) is 0.199. The molecule has 37 heavy (non-hydrogen) atoms. The number of rotatable bonds is 7. The van der Waals surface area contributed by atoms with Gasteiger partial charge in [0.2, 0.25) is 0 Å². The molecule has 0 bridgehead atoms. The number of ether oxygens (including phenoxy) is 1. The fourth-order valence-electron chi connectivity index (χ4n) is 5.10. The lowest BCUT2D eigenvalue weighted by Gasteiger charge is -2.23. The summed E-state index contributed by atoms with van der Waals surface area (Å²) in [5, 5.41) is 4.07. The molecule has 0 saturated heterocycles. The lowest BCUT2D eigenvalue weighted by molar-refractivity contribution is 0.0927. The number of nitrogens with zero attached hydrogens (tertiary/aromatic N) is 1. The molecule has 3 aromatic rings. The van der Waals surface area contributed by atoms with Crippen molar-refractivity contribution in [3.05, 3.63) is 77.4 Å². The Morgan fingerprint density at radius 2 is 1.95 bits per heavy atom. The summed E-state index contributed by atoms with van der Waals surface area (Å²) in [6, 6.07) is 10.8. The molecule has 2 aromatic carbocycles. The van der Waals surface area contributed by atoms with Gasteiger partial charge in [-0.3, -0.25) is 4.79 Å². The van der Waals surface area contributed by atoms with Crippen molar-refractivity contribution in [3.8, 4) is 5.75 Å². The number of carbonyl (C=O) groups excluding carboxylic acids is 1. The molecule has 1 N–H and O–H groups in total. The summed E-state index contributed by atoms with van der Waals surface area (Å²) in [5.41, 5.74) is 3.20. The van der Waals surface area contributed by atoms with Crippen molar-refractivity contribution >= 4 is 67.0 Å². The van der Waals surface area contributed by atoms with Crippen molar-refractivity contribution < 1.29 is 13.9 Å². The second-order valence-corrected chi connectivity index (χ2v) is 12.8. The van der Waals surface area contributed by atoms with E-state index in [0.29, 0.717) is 11.3 Å². The van der Waals surface area contributed by atoms with E-state index in [1.165, 1.54) is 35.8 Å². The molecule has 1 aromatic heterocycles. The van der Waals surface area contributed by atoms with Crippen LogP contribution in [-0.2, 0) is 19.4 Å². The zero-order chi connectivity index (χ0) is 25.8. The van der Waals surface area contributed by atoms with Gasteiger partial charge in [-0.15, -0.1) is 11.3 Å². The molecule has 0 aliphatic heterocycles. The minimum atomic E-state index is -0.289. The molecule has 0 unspecified atom stereocenters. The van der Waals surface area contributed by atoms with E-state index in [-0.39, 0.29) is 24.4 Å². The van der Waals surface area contributed by atoms with Gasteiger partial charge < -0.3 is 10.1 Å². The fraction of sp³-hybridized carbons (Fsp3) is 0.379. The lowest BCUT2D eigenvalue weighted by Crippen LogP contribution is -2.36. The summed E-state index contributed by atoms with van der Waals surface area (Å²) in [6.45, 7) is 0.119. The predicted molar refractivity (Wildman–Crippen MR) is 160 cm³/mol. The molecule has 1 saturated carbocycles. The smallest absolute Gasteiger partial charge is 0.254 e. The SMILES string of the molecule is O=C(NC1CCCCC1)c1c(N=Cc2cc(Br)cc(I)c2OCc2ccccc2F)sc2c1CCCC2. The summed E-state index contributed by atoms with van der Waals surface area (Å²) in [5.74, 6) is 0.367. The highest BCUT2D eigenvalue weighted by atomic mass is 127. The summed E-state index contributed by atoms with van der Waals surface area (Å²) in [7, 11) is 0. The number of halogens is 3. The van der Waals surface area contributed by atoms with Crippen LogP contribution < -0.4 is 10.1 Å². The molecule has 0 spiro atoms. The lowest BCUT2D eigenvalue weighted by atomic mass is 9.93. The monoisotopic (exact) mass is 694 g/mol. The molecule has 0 radical (unpaired) electrons. The van der Waals surface area contributed by atoms with Gasteiger partial charge in [-0.1, -0.05) is 53.4 Å². The minimum Gasteiger partial charge on any atom is -0.487 e. The zero-order valence-electron chi connectivity index (χ0n) is 20.5. The Bertz CT molecular complexity index is 1320. The van der Waals surface area contributed by atoms with Crippen molar-refractivity contribution in [2.75, 3.05) is 0 Å². The standard InChI is InChI=1S/C29H29BrFIN2O2S/c30-20-14-19(27(24(32)15-20)36-17-18-8-4-6-12-23(18)31)16-33-29-26(22-11-5-7-13-25(22)37-29)28(35)34-21-9-2-1-3-10-21/h4,6,8,12,14-16,21H,1-3,5,7,9-11,13,17H2,(H,34,35). The third-order valence-electron chi connectivity index (χ3n) is 7.01. The van der Waals surface area contributed by atoms with Gasteiger partial charge in [-0.2, -0.15) is 0 Å². The summed E-state index contributed by atoms with van der Waals surface area (Å²) < 4.78 is 22.1. The number of hydrogen-bond donors (Lipinski definition) is 1. The molecule has 4 nitrogen and oxygen atoms in total. The van der Waals surface area contributed by atoms with E-state index in [9.17, 15) is 9.18 Å². The van der Waals surface area contributed by atoms with Crippen LogP contribution in [0.5, 0.6) is 5.75 Å². The number of carbonyl (C=O) groups is 1. The summed E-state index contributed by atoms with van der Waals surface area (Å²) in [4.78, 5) is 19.6. The highest BCUT2D eigenvalue weighted by molar-refractivity contribution is 14.1. The van der Waals surface area contributed by atoms with Crippen LogP contribution in [0.15, 0.2) is 45.9 Å². The Balaban J connectivity index is 1.44. The topological polar surface area (TPSA) is 50.7 Å². The van der Waals surface area contributed by atoms with Gasteiger partial charge in [0, 0.05) is 32.7 Å². The van der Waals surface area contributed by atoms with Crippen LogP contribution in [0.2, 0.25) is 0 Å². The summed E-state index contributed by atoms with van der Waals surface area (Å²) in [6.07, 6.45) is 11.7. The normalized spacial score (nSPS) is 16.1. The Hall–Kier alpha value is -1.78. The number of fused-ring (bicyclic) bond motifs is 1. The first kappa shape index (κ1) is 26.8. The Labute approximate surface area is 243 Å². The van der Waals surface area contributed by atoms with Crippen LogP contribution in [-0.4, -0.2) is 18.2 Å². The van der Waals surface area contributed by atoms with Crippen molar-refractivity contribution in [2.24, 2.45) is 4.99 Å². The fourth-order valence-corrected chi connectivity index (χ4v) is 8.04. The van der Waals surface area contributed by atoms with E-state index in [2.05, 4.69) is 43.8 Å². The number of nitrogens with one attached hydrogen (secondary N) is 1. The molecule has 1 fully saturated rings. The minimum absolute atomic E-state index is 0.0123. The molecule has 2 aliphatic rings. The molecular weight excluding hydrogens is 666 g/mol. The van der Waals surface area contributed by atoms with Crippen LogP contribution in [0, 0.1) is 9.39 Å². The number of benzene rings is 2. The van der Waals surface area contributed by atoms with E-state index < -0.39 is 0 Å². The molecule has 1 heterocycles. The van der Waals surface area contributed by atoms with Gasteiger partial charge in [0.05, 0.1) is 9.13 Å². The highest BCUT2D eigenvalue weighted by Gasteiger charge is 2.27. The van der Waals surface area contributed by atoms with Gasteiger partial charge in [0.1, 0.15) is 23.2 Å².